The molecule has 3 fully saturated rings. The summed E-state index contributed by atoms with van der Waals surface area (Å²) in [4.78, 5) is 0. The van der Waals surface area contributed by atoms with Gasteiger partial charge in [-0.2, -0.15) is 12.8 Å². The number of benzene rings is 5. The third kappa shape index (κ3) is 20.0. The van der Waals surface area contributed by atoms with Gasteiger partial charge < -0.3 is 85.6 Å². The van der Waals surface area contributed by atoms with Crippen molar-refractivity contribution >= 4 is 0 Å². The van der Waals surface area contributed by atoms with Gasteiger partial charge in [-0.25, -0.2) is 0 Å². The maximum Gasteiger partial charge on any atom is 0.195 e. The quantitative estimate of drug-likeness (QED) is 0.0227. The summed E-state index contributed by atoms with van der Waals surface area (Å²) >= 11 is 0. The zero-order valence-electron chi connectivity index (χ0n) is 52.5. The molecule has 0 saturated carbocycles. The van der Waals surface area contributed by atoms with Crippen LogP contribution in [0.2, 0.25) is 0 Å². The first-order chi connectivity index (χ1) is 42.8. The van der Waals surface area contributed by atoms with Crippen LogP contribution < -0.4 is 0 Å². The lowest BCUT2D eigenvalue weighted by Gasteiger charge is -2.53. The highest BCUT2D eigenvalue weighted by molar-refractivity contribution is 5.18. The van der Waals surface area contributed by atoms with Gasteiger partial charge in [0.15, 0.2) is 30.9 Å². The number of methoxy groups -OCH3 is 1. The van der Waals surface area contributed by atoms with E-state index in [2.05, 4.69) is 39.8 Å². The van der Waals surface area contributed by atoms with E-state index in [9.17, 15) is 10.2 Å². The van der Waals surface area contributed by atoms with E-state index < -0.39 is 104 Å². The fourth-order valence-electron chi connectivity index (χ4n) is 11.7. The second-order valence-corrected chi connectivity index (χ2v) is 23.5. The Morgan fingerprint density at radius 2 is 0.955 bits per heavy atom. The second kappa shape index (κ2) is 35.5. The molecule has 5 aromatic rings. The van der Waals surface area contributed by atoms with Crippen LogP contribution in [0.3, 0.4) is 0 Å². The molecule has 3 heterocycles. The van der Waals surface area contributed by atoms with Crippen LogP contribution in [-0.4, -0.2) is 122 Å². The van der Waals surface area contributed by atoms with Gasteiger partial charge in [0.2, 0.25) is 0 Å². The van der Waals surface area contributed by atoms with E-state index in [1.54, 1.807) is 18.2 Å². The smallest absolute Gasteiger partial charge is 0.195 e. The van der Waals surface area contributed by atoms with Gasteiger partial charge in [0.05, 0.1) is 75.8 Å². The van der Waals surface area contributed by atoms with Crippen LogP contribution in [0, 0.1) is 25.7 Å². The summed E-state index contributed by atoms with van der Waals surface area (Å²) in [5.74, 6) is -2.15. The summed E-state index contributed by atoms with van der Waals surface area (Å²) in [5, 5.41) is 22.1. The van der Waals surface area contributed by atoms with Crippen molar-refractivity contribution < 1.29 is 71.8 Å². The molecular formula is C73H96O15-2. The maximum absolute atomic E-state index is 12.0. The third-order valence-electron chi connectivity index (χ3n) is 16.6. The number of unbranched alkanes of at least 4 members (excludes halogenated alkanes) is 1. The van der Waals surface area contributed by atoms with Gasteiger partial charge in [-0.1, -0.05) is 204 Å². The number of rotatable bonds is 34. The number of aliphatic hydroxyl groups excluding tert-OH is 2. The third-order valence-corrected chi connectivity index (χ3v) is 16.6. The van der Waals surface area contributed by atoms with Crippen LogP contribution in [0.15, 0.2) is 176 Å². The molecule has 15 nitrogen and oxygen atoms in total. The van der Waals surface area contributed by atoms with E-state index in [0.29, 0.717) is 45.5 Å². The Morgan fingerprint density at radius 3 is 1.44 bits per heavy atom. The van der Waals surface area contributed by atoms with E-state index in [-0.39, 0.29) is 25.0 Å². The standard InChI is InChI=1S/C73H96O15/c1-10-13-40-60(42-44-63(75)85-66-52(6)82-71(83-59(29-11-2)41-43-62(74)76-9)50(4)64(66)77-45-54-30-19-14-20-31-54)88-73(8)70(81-49-58-38-27-18-28-39-58)69(80-48-57-36-25-17-26-37-57)67(53(7)87-73)86-72-51(5)65(78-46-55-32-21-15-22-33-55)68(61(12-3)84-72)79-47-56-34-23-16-24-35-56/h14-28,30-39,41-44,50-53,59-72,74-75H,2-3,10-13,29,40,45-49H2,1,4-9H3/q-2. The lowest BCUT2D eigenvalue weighted by Crippen LogP contribution is -2.67. The highest BCUT2D eigenvalue weighted by Gasteiger charge is 2.57. The van der Waals surface area contributed by atoms with Gasteiger partial charge >= 0.3 is 0 Å². The summed E-state index contributed by atoms with van der Waals surface area (Å²) in [6.45, 7) is 21.8. The summed E-state index contributed by atoms with van der Waals surface area (Å²) < 4.78 is 88.1. The molecule has 0 radical (unpaired) electrons. The zero-order chi connectivity index (χ0) is 62.3. The van der Waals surface area contributed by atoms with Crippen LogP contribution in [-0.2, 0) is 94.6 Å². The minimum atomic E-state index is -1.45. The molecule has 0 aromatic heterocycles. The van der Waals surface area contributed by atoms with E-state index in [1.165, 1.54) is 7.11 Å². The largest absolute Gasteiger partial charge is 0.370 e. The van der Waals surface area contributed by atoms with Crippen molar-refractivity contribution in [2.24, 2.45) is 11.8 Å². The summed E-state index contributed by atoms with van der Waals surface area (Å²) in [6, 6.07) is 50.1. The predicted molar refractivity (Wildman–Crippen MR) is 336 cm³/mol. The lowest BCUT2D eigenvalue weighted by atomic mass is 9.89. The highest BCUT2D eigenvalue weighted by Crippen LogP contribution is 2.42. The molecule has 0 amide bonds. The molecule has 0 aliphatic carbocycles. The highest BCUT2D eigenvalue weighted by atomic mass is 16.8. The molecule has 3 saturated heterocycles. The van der Waals surface area contributed by atoms with E-state index in [4.69, 9.17) is 61.6 Å². The molecule has 2 N–H and O–H groups in total. The van der Waals surface area contributed by atoms with E-state index >= 15 is 0 Å². The molecular weight excluding hydrogens is 1120 g/mol. The SMILES string of the molecule is [CH2-]CCC(C=CC(O)OC)OC1OC(C)C(OC(O)C=CC(CCCC)OC2(C)OC(C)C(OC3OC(C[CH2-])C(OCc4ccccc4)C(OCc4ccccc4)C3C)C(OCc3ccccc3)C2OCc2ccccc2)C(OCc2ccccc2)C1C. The molecule has 480 valence electrons. The van der Waals surface area contributed by atoms with Crippen molar-refractivity contribution in [3.63, 3.8) is 0 Å². The first-order valence-corrected chi connectivity index (χ1v) is 31.5. The maximum atomic E-state index is 12.0. The fourth-order valence-corrected chi connectivity index (χ4v) is 11.7. The molecule has 3 aliphatic heterocycles. The van der Waals surface area contributed by atoms with Crippen molar-refractivity contribution in [1.82, 2.24) is 0 Å². The topological polar surface area (TPSA) is 160 Å². The lowest BCUT2D eigenvalue weighted by molar-refractivity contribution is -0.395. The second-order valence-electron chi connectivity index (χ2n) is 23.5. The van der Waals surface area contributed by atoms with Gasteiger partial charge in [0.25, 0.3) is 0 Å². The molecule has 3 aliphatic rings. The van der Waals surface area contributed by atoms with Crippen molar-refractivity contribution in [3.05, 3.63) is 218 Å². The monoisotopic (exact) mass is 1210 g/mol. The average molecular weight is 1210 g/mol. The minimum absolute atomic E-state index is 0.210. The van der Waals surface area contributed by atoms with Crippen molar-refractivity contribution in [1.29, 1.82) is 0 Å². The molecule has 5 aromatic carbocycles. The Balaban J connectivity index is 1.07. The van der Waals surface area contributed by atoms with Crippen molar-refractivity contribution in [3.8, 4) is 0 Å². The van der Waals surface area contributed by atoms with Crippen LogP contribution in [0.5, 0.6) is 0 Å². The number of hydrogen-bond acceptors (Lipinski definition) is 15. The summed E-state index contributed by atoms with van der Waals surface area (Å²) in [6.07, 6.45) is -0.799. The zero-order valence-corrected chi connectivity index (χ0v) is 52.5. The Bertz CT molecular complexity index is 2740. The van der Waals surface area contributed by atoms with Crippen LogP contribution >= 0.6 is 0 Å². The number of hydrogen-bond donors (Lipinski definition) is 2. The first-order valence-electron chi connectivity index (χ1n) is 31.5. The molecule has 15 heteroatoms. The van der Waals surface area contributed by atoms with Crippen LogP contribution in [0.25, 0.3) is 0 Å². The van der Waals surface area contributed by atoms with E-state index in [1.807, 2.05) is 173 Å². The Kier molecular flexibility index (Phi) is 27.8. The molecule has 88 heavy (non-hydrogen) atoms. The van der Waals surface area contributed by atoms with Gasteiger partial charge in [-0.3, -0.25) is 0 Å². The summed E-state index contributed by atoms with van der Waals surface area (Å²) in [7, 11) is 1.43. The van der Waals surface area contributed by atoms with Gasteiger partial charge in [-0.05, 0) is 67.2 Å². The molecule has 19 unspecified atom stereocenters. The Labute approximate surface area is 523 Å². The van der Waals surface area contributed by atoms with Crippen molar-refractivity contribution in [2.45, 2.75) is 217 Å². The minimum Gasteiger partial charge on any atom is -0.370 e. The van der Waals surface area contributed by atoms with E-state index in [0.717, 1.165) is 40.7 Å². The molecule has 8 rings (SSSR count). The molecule has 0 spiro atoms. The first kappa shape index (κ1) is 68.9. The summed E-state index contributed by atoms with van der Waals surface area (Å²) in [5.41, 5.74) is 4.97. The van der Waals surface area contributed by atoms with Crippen LogP contribution in [0.4, 0.5) is 0 Å². The predicted octanol–water partition coefficient (Wildman–Crippen LogP) is 12.8. The van der Waals surface area contributed by atoms with Gasteiger partial charge in [0.1, 0.15) is 30.5 Å². The van der Waals surface area contributed by atoms with Crippen molar-refractivity contribution in [2.75, 3.05) is 7.11 Å². The average Bonchev–Trinajstić information content (AvgIpc) is 1.41. The Morgan fingerprint density at radius 1 is 0.500 bits per heavy atom. The molecule has 0 bridgehead atoms. The number of aliphatic hydroxyl groups is 2. The number of ether oxygens (including phenoxy) is 13. The Hall–Kier alpha value is -5.02. The van der Waals surface area contributed by atoms with Crippen LogP contribution in [0.1, 0.15) is 108 Å². The van der Waals surface area contributed by atoms with Gasteiger partial charge in [-0.15, -0.1) is 0 Å². The van der Waals surface area contributed by atoms with Gasteiger partial charge in [0, 0.05) is 18.9 Å². The molecule has 19 atom stereocenters. The normalized spacial score (nSPS) is 29.9. The fraction of sp³-hybridized carbons (Fsp3) is 0.507.